The summed E-state index contributed by atoms with van der Waals surface area (Å²) in [4.78, 5) is 0. The molecule has 0 fully saturated rings. The lowest BCUT2D eigenvalue weighted by Crippen LogP contribution is -2.17. The number of furan rings is 1. The van der Waals surface area contributed by atoms with E-state index in [4.69, 9.17) is 18.6 Å². The molecule has 0 saturated carbocycles. The summed E-state index contributed by atoms with van der Waals surface area (Å²) in [5.41, 5.74) is 1.89. The summed E-state index contributed by atoms with van der Waals surface area (Å²) in [6.45, 7) is 2.76. The van der Waals surface area contributed by atoms with Crippen LogP contribution in [0.1, 0.15) is 24.3 Å². The summed E-state index contributed by atoms with van der Waals surface area (Å²) in [6.07, 6.45) is 0. The van der Waals surface area contributed by atoms with Gasteiger partial charge in [0.05, 0.1) is 27.4 Å². The van der Waals surface area contributed by atoms with Crippen LogP contribution >= 0.6 is 0 Å². The maximum atomic E-state index is 5.99. The SMILES string of the molecule is COc1ccc(CNC(C)c2cc3cccc(OC)c3o2)cc1OC. The maximum Gasteiger partial charge on any atom is 0.176 e. The van der Waals surface area contributed by atoms with Gasteiger partial charge in [-0.05, 0) is 36.8 Å². The van der Waals surface area contributed by atoms with Crippen LogP contribution in [0.2, 0.25) is 0 Å². The molecule has 0 spiro atoms. The van der Waals surface area contributed by atoms with E-state index in [1.165, 1.54) is 0 Å². The fraction of sp³-hybridized carbons (Fsp3) is 0.300. The first-order chi connectivity index (χ1) is 12.2. The summed E-state index contributed by atoms with van der Waals surface area (Å²) in [6, 6.07) is 13.9. The lowest BCUT2D eigenvalue weighted by Gasteiger charge is -2.13. The highest BCUT2D eigenvalue weighted by molar-refractivity contribution is 5.83. The van der Waals surface area contributed by atoms with Crippen LogP contribution in [-0.4, -0.2) is 21.3 Å². The molecule has 1 heterocycles. The van der Waals surface area contributed by atoms with Gasteiger partial charge < -0.3 is 23.9 Å². The Bertz CT molecular complexity index is 856. The minimum Gasteiger partial charge on any atom is -0.493 e. The lowest BCUT2D eigenvalue weighted by atomic mass is 10.1. The van der Waals surface area contributed by atoms with E-state index < -0.39 is 0 Å². The number of methoxy groups -OCH3 is 3. The van der Waals surface area contributed by atoms with E-state index in [1.54, 1.807) is 21.3 Å². The molecule has 5 nitrogen and oxygen atoms in total. The molecular weight excluding hydrogens is 318 g/mol. The molecule has 3 aromatic rings. The van der Waals surface area contributed by atoms with Crippen LogP contribution in [0.5, 0.6) is 17.2 Å². The highest BCUT2D eigenvalue weighted by atomic mass is 16.5. The number of ether oxygens (including phenoxy) is 3. The predicted octanol–water partition coefficient (Wildman–Crippen LogP) is 4.31. The zero-order valence-electron chi connectivity index (χ0n) is 15.0. The average molecular weight is 341 g/mol. The second-order valence-corrected chi connectivity index (χ2v) is 5.82. The number of benzene rings is 2. The van der Waals surface area contributed by atoms with E-state index in [0.717, 1.165) is 39.5 Å². The third-order valence-electron chi connectivity index (χ3n) is 4.23. The first kappa shape index (κ1) is 17.2. The molecule has 1 unspecified atom stereocenters. The van der Waals surface area contributed by atoms with Gasteiger partial charge in [0.2, 0.25) is 0 Å². The van der Waals surface area contributed by atoms with E-state index >= 15 is 0 Å². The molecule has 1 N–H and O–H groups in total. The normalized spacial score (nSPS) is 12.2. The standard InChI is InChI=1S/C20H23NO4/c1-13(18-11-15-6-5-7-17(23-3)20(15)25-18)21-12-14-8-9-16(22-2)19(10-14)24-4/h5-11,13,21H,12H2,1-4H3. The minimum absolute atomic E-state index is 0.0604. The van der Waals surface area contributed by atoms with Crippen LogP contribution in [0.15, 0.2) is 46.9 Å². The van der Waals surface area contributed by atoms with Crippen molar-refractivity contribution in [2.75, 3.05) is 21.3 Å². The van der Waals surface area contributed by atoms with Crippen molar-refractivity contribution in [2.24, 2.45) is 0 Å². The third-order valence-corrected chi connectivity index (χ3v) is 4.23. The molecule has 0 amide bonds. The molecular formula is C20H23NO4. The third kappa shape index (κ3) is 3.56. The fourth-order valence-corrected chi connectivity index (χ4v) is 2.79. The lowest BCUT2D eigenvalue weighted by molar-refractivity contribution is 0.354. The van der Waals surface area contributed by atoms with Crippen LogP contribution in [0.25, 0.3) is 11.0 Å². The Balaban J connectivity index is 1.73. The van der Waals surface area contributed by atoms with Gasteiger partial charge in [-0.2, -0.15) is 0 Å². The second-order valence-electron chi connectivity index (χ2n) is 5.82. The van der Waals surface area contributed by atoms with Gasteiger partial charge in [-0.1, -0.05) is 18.2 Å². The van der Waals surface area contributed by atoms with Crippen molar-refractivity contribution in [3.05, 3.63) is 53.8 Å². The van der Waals surface area contributed by atoms with E-state index in [1.807, 2.05) is 42.5 Å². The molecule has 2 aromatic carbocycles. The van der Waals surface area contributed by atoms with Gasteiger partial charge in [-0.15, -0.1) is 0 Å². The molecule has 0 radical (unpaired) electrons. The van der Waals surface area contributed by atoms with Gasteiger partial charge in [0.15, 0.2) is 22.8 Å². The molecule has 0 aliphatic carbocycles. The number of nitrogens with one attached hydrogen (secondary N) is 1. The molecule has 1 atom stereocenters. The van der Waals surface area contributed by atoms with Crippen molar-refractivity contribution in [2.45, 2.75) is 19.5 Å². The predicted molar refractivity (Wildman–Crippen MR) is 97.6 cm³/mol. The Labute approximate surface area is 147 Å². The monoisotopic (exact) mass is 341 g/mol. The van der Waals surface area contributed by atoms with E-state index in [-0.39, 0.29) is 6.04 Å². The highest BCUT2D eigenvalue weighted by Gasteiger charge is 2.14. The van der Waals surface area contributed by atoms with Gasteiger partial charge in [0.1, 0.15) is 5.76 Å². The smallest absolute Gasteiger partial charge is 0.176 e. The Morgan fingerprint density at radius 2 is 1.68 bits per heavy atom. The molecule has 1 aromatic heterocycles. The van der Waals surface area contributed by atoms with Crippen molar-refractivity contribution >= 4 is 11.0 Å². The van der Waals surface area contributed by atoms with Gasteiger partial charge in [0.25, 0.3) is 0 Å². The highest BCUT2D eigenvalue weighted by Crippen LogP contribution is 2.31. The number of hydrogen-bond donors (Lipinski definition) is 1. The number of hydrogen-bond acceptors (Lipinski definition) is 5. The molecule has 3 rings (SSSR count). The van der Waals surface area contributed by atoms with Crippen LogP contribution in [0.4, 0.5) is 0 Å². The number of rotatable bonds is 7. The number of para-hydroxylation sites is 1. The largest absolute Gasteiger partial charge is 0.493 e. The first-order valence-corrected chi connectivity index (χ1v) is 8.17. The van der Waals surface area contributed by atoms with Gasteiger partial charge in [-0.25, -0.2) is 0 Å². The average Bonchev–Trinajstić information content (AvgIpc) is 3.10. The Kier molecular flexibility index (Phi) is 5.14. The summed E-state index contributed by atoms with van der Waals surface area (Å²) in [7, 11) is 4.92. The number of fused-ring (bicyclic) bond motifs is 1. The van der Waals surface area contributed by atoms with E-state index in [0.29, 0.717) is 6.54 Å². The summed E-state index contributed by atoms with van der Waals surface area (Å²) in [5, 5.41) is 4.51. The topological polar surface area (TPSA) is 52.9 Å². The summed E-state index contributed by atoms with van der Waals surface area (Å²) < 4.78 is 22.0. The van der Waals surface area contributed by atoms with Crippen LogP contribution < -0.4 is 19.5 Å². The quantitative estimate of drug-likeness (QED) is 0.694. The van der Waals surface area contributed by atoms with Crippen molar-refractivity contribution < 1.29 is 18.6 Å². The molecule has 0 aliphatic heterocycles. The van der Waals surface area contributed by atoms with Gasteiger partial charge in [0, 0.05) is 11.9 Å². The van der Waals surface area contributed by atoms with Crippen molar-refractivity contribution in [1.29, 1.82) is 0 Å². The van der Waals surface area contributed by atoms with E-state index in [9.17, 15) is 0 Å². The van der Waals surface area contributed by atoms with Gasteiger partial charge in [-0.3, -0.25) is 0 Å². The van der Waals surface area contributed by atoms with E-state index in [2.05, 4.69) is 12.2 Å². The Morgan fingerprint density at radius 3 is 2.40 bits per heavy atom. The van der Waals surface area contributed by atoms with Crippen molar-refractivity contribution in [1.82, 2.24) is 5.32 Å². The molecule has 0 saturated heterocycles. The molecule has 25 heavy (non-hydrogen) atoms. The zero-order valence-corrected chi connectivity index (χ0v) is 15.0. The summed E-state index contributed by atoms with van der Waals surface area (Å²) >= 11 is 0. The minimum atomic E-state index is 0.0604. The van der Waals surface area contributed by atoms with Crippen molar-refractivity contribution in [3.63, 3.8) is 0 Å². The second kappa shape index (κ2) is 7.49. The Hall–Kier alpha value is -2.66. The van der Waals surface area contributed by atoms with Crippen molar-refractivity contribution in [3.8, 4) is 17.2 Å². The molecule has 0 bridgehead atoms. The molecule has 0 aliphatic rings. The Morgan fingerprint density at radius 1 is 0.920 bits per heavy atom. The maximum absolute atomic E-state index is 5.99. The van der Waals surface area contributed by atoms with Crippen LogP contribution in [0.3, 0.4) is 0 Å². The van der Waals surface area contributed by atoms with Gasteiger partial charge >= 0.3 is 0 Å². The van der Waals surface area contributed by atoms with Crippen LogP contribution in [-0.2, 0) is 6.54 Å². The van der Waals surface area contributed by atoms with Crippen LogP contribution in [0, 0.1) is 0 Å². The fourth-order valence-electron chi connectivity index (χ4n) is 2.79. The molecule has 132 valence electrons. The zero-order chi connectivity index (χ0) is 17.8. The summed E-state index contributed by atoms with van der Waals surface area (Å²) in [5.74, 6) is 3.07. The first-order valence-electron chi connectivity index (χ1n) is 8.17. The molecule has 5 heteroatoms.